The number of aromatic nitrogens is 6. The van der Waals surface area contributed by atoms with Gasteiger partial charge >= 0.3 is 0 Å². The van der Waals surface area contributed by atoms with Crippen molar-refractivity contribution in [1.82, 2.24) is 29.1 Å². The van der Waals surface area contributed by atoms with Gasteiger partial charge in [0.05, 0.1) is 44.8 Å². The molecule has 0 saturated carbocycles. The standard InChI is InChI=1S/C88H56N6/c1-5-23-55(24-6-1)87-89-77(53-79(91-87)65-33-15-13-31-63(65)57-43-47-83-73(49-57)67-35-19-21-39-81(67)93(83)61-27-9-3-10-28-61)59-41-45-71-75(51-59)85-69-37-17-18-38-70(69)86(71)76-52-60(42-46-72(76)85)78-54-80(92-88(90-78)56-25-7-2-8-26-56)66-34-16-14-32-64(66)58-44-48-84-74(50-58)68-36-20-22-40-82(68)94(84)62-29-11-4-12-30-62/h1-54,85-86H. The molecule has 4 aromatic heterocycles. The molecule has 0 fully saturated rings. The molecule has 2 atom stereocenters. The fourth-order valence-corrected chi connectivity index (χ4v) is 15.3. The molecule has 13 aromatic carbocycles. The second kappa shape index (κ2) is 21.7. The molecule has 0 amide bonds. The van der Waals surface area contributed by atoms with Crippen LogP contribution in [0.4, 0.5) is 0 Å². The highest BCUT2D eigenvalue weighted by Crippen LogP contribution is 2.57. The maximum Gasteiger partial charge on any atom is 0.160 e. The van der Waals surface area contributed by atoms with Gasteiger partial charge in [0.15, 0.2) is 11.6 Å². The van der Waals surface area contributed by atoms with E-state index >= 15 is 0 Å². The minimum atomic E-state index is 0.00496. The summed E-state index contributed by atoms with van der Waals surface area (Å²) in [5.74, 6) is 1.38. The van der Waals surface area contributed by atoms with E-state index in [1.165, 1.54) is 77.0 Å². The summed E-state index contributed by atoms with van der Waals surface area (Å²) in [6.45, 7) is 0. The molecule has 0 aliphatic heterocycles. The van der Waals surface area contributed by atoms with Gasteiger partial charge < -0.3 is 9.13 Å². The Bertz CT molecular complexity index is 5510. The Hall–Kier alpha value is -12.4. The molecular formula is C88H56N6. The zero-order chi connectivity index (χ0) is 61.8. The van der Waals surface area contributed by atoms with E-state index in [9.17, 15) is 0 Å². The van der Waals surface area contributed by atoms with Crippen LogP contribution in [0.3, 0.4) is 0 Å². The summed E-state index contributed by atoms with van der Waals surface area (Å²) in [5, 5.41) is 4.84. The number of fused-ring (bicyclic) bond motifs is 6. The van der Waals surface area contributed by atoms with E-state index < -0.39 is 0 Å². The lowest BCUT2D eigenvalue weighted by atomic mass is 9.60. The van der Waals surface area contributed by atoms with Crippen LogP contribution >= 0.6 is 0 Å². The van der Waals surface area contributed by atoms with E-state index in [-0.39, 0.29) is 11.8 Å². The highest BCUT2D eigenvalue weighted by molar-refractivity contribution is 6.12. The Balaban J connectivity index is 0.716. The third-order valence-electron chi connectivity index (χ3n) is 19.5. The van der Waals surface area contributed by atoms with Crippen LogP contribution in [0.2, 0.25) is 0 Å². The van der Waals surface area contributed by atoms with Crippen molar-refractivity contribution in [2.24, 2.45) is 0 Å². The molecule has 3 aliphatic carbocycles. The van der Waals surface area contributed by atoms with Crippen LogP contribution in [-0.2, 0) is 0 Å². The predicted octanol–water partition coefficient (Wildman–Crippen LogP) is 21.8. The van der Waals surface area contributed by atoms with Crippen LogP contribution in [0.1, 0.15) is 45.2 Å². The number of para-hydroxylation sites is 4. The van der Waals surface area contributed by atoms with Crippen LogP contribution in [-0.4, -0.2) is 29.1 Å². The normalized spacial score (nSPS) is 13.7. The first-order valence-electron chi connectivity index (χ1n) is 32.2. The lowest BCUT2D eigenvalue weighted by Crippen LogP contribution is -2.27. The van der Waals surface area contributed by atoms with Crippen LogP contribution in [0.15, 0.2) is 328 Å². The van der Waals surface area contributed by atoms with E-state index in [2.05, 4.69) is 325 Å². The molecule has 0 N–H and O–H groups in total. The zero-order valence-electron chi connectivity index (χ0n) is 51.0. The first-order chi connectivity index (χ1) is 46.6. The van der Waals surface area contributed by atoms with Crippen LogP contribution in [0.5, 0.6) is 0 Å². The Morgan fingerprint density at radius 2 is 0.532 bits per heavy atom. The average molecular weight is 1200 g/mol. The maximum atomic E-state index is 5.44. The summed E-state index contributed by atoms with van der Waals surface area (Å²) in [7, 11) is 0. The Morgan fingerprint density at radius 3 is 0.968 bits per heavy atom. The molecule has 20 rings (SSSR count). The number of hydrogen-bond donors (Lipinski definition) is 0. The summed E-state index contributed by atoms with van der Waals surface area (Å²) in [5.41, 5.74) is 29.0. The molecular weight excluding hydrogens is 1140 g/mol. The van der Waals surface area contributed by atoms with Crippen molar-refractivity contribution in [2.45, 2.75) is 11.8 Å². The summed E-state index contributed by atoms with van der Waals surface area (Å²) in [6, 6.07) is 118. The van der Waals surface area contributed by atoms with Crippen molar-refractivity contribution >= 4 is 43.6 Å². The first kappa shape index (κ1) is 53.5. The molecule has 2 unspecified atom stereocenters. The van der Waals surface area contributed by atoms with Gasteiger partial charge in [-0.1, -0.05) is 243 Å². The molecule has 4 heterocycles. The third-order valence-corrected chi connectivity index (χ3v) is 19.5. The Labute approximate surface area is 543 Å². The fraction of sp³-hybridized carbons (Fsp3) is 0.0227. The van der Waals surface area contributed by atoms with Crippen molar-refractivity contribution < 1.29 is 0 Å². The molecule has 0 saturated heterocycles. The van der Waals surface area contributed by atoms with Crippen molar-refractivity contribution in [3.8, 4) is 101 Å². The van der Waals surface area contributed by atoms with Gasteiger partial charge in [-0.3, -0.25) is 0 Å². The largest absolute Gasteiger partial charge is 0.309 e. The van der Waals surface area contributed by atoms with Gasteiger partial charge in [-0.15, -0.1) is 0 Å². The minimum absolute atomic E-state index is 0.00496. The first-order valence-corrected chi connectivity index (χ1v) is 32.2. The molecule has 3 aliphatic rings. The van der Waals surface area contributed by atoms with Crippen molar-refractivity contribution in [1.29, 1.82) is 0 Å². The van der Waals surface area contributed by atoms with E-state index in [1.54, 1.807) is 0 Å². The van der Waals surface area contributed by atoms with E-state index in [0.717, 1.165) is 89.8 Å². The molecule has 6 heteroatoms. The zero-order valence-corrected chi connectivity index (χ0v) is 51.0. The van der Waals surface area contributed by atoms with Gasteiger partial charge in [0, 0.05) is 78.1 Å². The van der Waals surface area contributed by atoms with E-state index in [0.29, 0.717) is 11.6 Å². The lowest BCUT2D eigenvalue weighted by Gasteiger charge is -2.42. The number of benzene rings is 13. The topological polar surface area (TPSA) is 61.4 Å². The molecule has 0 spiro atoms. The number of rotatable bonds is 10. The van der Waals surface area contributed by atoms with Crippen molar-refractivity contribution in [3.63, 3.8) is 0 Å². The highest BCUT2D eigenvalue weighted by Gasteiger charge is 2.42. The monoisotopic (exact) mass is 1200 g/mol. The van der Waals surface area contributed by atoms with Gasteiger partial charge in [0.25, 0.3) is 0 Å². The number of hydrogen-bond acceptors (Lipinski definition) is 4. The molecule has 2 bridgehead atoms. The van der Waals surface area contributed by atoms with Gasteiger partial charge in [-0.2, -0.15) is 0 Å². The second-order valence-corrected chi connectivity index (χ2v) is 24.8. The molecule has 438 valence electrons. The fourth-order valence-electron chi connectivity index (χ4n) is 15.3. The number of nitrogens with zero attached hydrogens (tertiary/aromatic N) is 6. The lowest BCUT2D eigenvalue weighted by molar-refractivity contribution is 0.755. The van der Waals surface area contributed by atoms with Gasteiger partial charge in [0.2, 0.25) is 0 Å². The highest BCUT2D eigenvalue weighted by atomic mass is 15.0. The van der Waals surface area contributed by atoms with E-state index in [1.807, 2.05) is 12.1 Å². The Morgan fingerprint density at radius 1 is 0.202 bits per heavy atom. The molecule has 6 nitrogen and oxygen atoms in total. The smallest absolute Gasteiger partial charge is 0.160 e. The van der Waals surface area contributed by atoms with E-state index in [4.69, 9.17) is 19.9 Å². The third kappa shape index (κ3) is 8.64. The van der Waals surface area contributed by atoms with Gasteiger partial charge in [-0.05, 0) is 141 Å². The molecule has 94 heavy (non-hydrogen) atoms. The molecule has 0 radical (unpaired) electrons. The second-order valence-electron chi connectivity index (χ2n) is 24.8. The molecule has 17 aromatic rings. The SMILES string of the molecule is c1ccc(-c2nc(-c3ccc4c(c3)C3c5ccccc5C4c4cc(-c5cc(-c6ccccc6-c6ccc7c(c6)c6ccccc6n7-c6ccccc6)nc(-c6ccccc6)n5)ccc43)cc(-c3ccccc3-c3ccc4c(c3)c3ccccc3n4-c3ccccc3)n2)cc1. The van der Waals surface area contributed by atoms with Crippen LogP contribution in [0.25, 0.3) is 145 Å². The predicted molar refractivity (Wildman–Crippen MR) is 385 cm³/mol. The van der Waals surface area contributed by atoms with Crippen LogP contribution in [0, 0.1) is 0 Å². The average Bonchev–Trinajstić information content (AvgIpc) is 1.08. The Kier molecular flexibility index (Phi) is 12.3. The van der Waals surface area contributed by atoms with Crippen LogP contribution < -0.4 is 0 Å². The summed E-state index contributed by atoms with van der Waals surface area (Å²) in [4.78, 5) is 21.7. The van der Waals surface area contributed by atoms with Crippen molar-refractivity contribution in [3.05, 3.63) is 361 Å². The summed E-state index contributed by atoms with van der Waals surface area (Å²) < 4.78 is 4.74. The van der Waals surface area contributed by atoms with Gasteiger partial charge in [0.1, 0.15) is 0 Å². The quantitative estimate of drug-likeness (QED) is 0.137. The maximum absolute atomic E-state index is 5.44. The summed E-state index contributed by atoms with van der Waals surface area (Å²) in [6.07, 6.45) is 0. The van der Waals surface area contributed by atoms with Crippen molar-refractivity contribution in [2.75, 3.05) is 0 Å². The summed E-state index contributed by atoms with van der Waals surface area (Å²) >= 11 is 0. The minimum Gasteiger partial charge on any atom is -0.309 e. The van der Waals surface area contributed by atoms with Gasteiger partial charge in [-0.25, -0.2) is 19.9 Å².